The Balaban J connectivity index is 1.74. The number of hydrogen-bond donors (Lipinski definition) is 5. The van der Waals surface area contributed by atoms with E-state index in [1.807, 2.05) is 6.07 Å². The van der Waals surface area contributed by atoms with Gasteiger partial charge in [0.1, 0.15) is 11.8 Å². The molecule has 0 aliphatic carbocycles. The Hall–Kier alpha value is -3.15. The normalized spacial score (nSPS) is 11.8. The number of aromatic amines is 1. The molecule has 1 amide bonds. The zero-order chi connectivity index (χ0) is 19.8. The third-order valence-electron chi connectivity index (χ3n) is 3.60. The van der Waals surface area contributed by atoms with Gasteiger partial charge in [0, 0.05) is 18.7 Å². The van der Waals surface area contributed by atoms with E-state index < -0.39 is 6.10 Å². The summed E-state index contributed by atoms with van der Waals surface area (Å²) in [5, 5.41) is 38.6. The summed E-state index contributed by atoms with van der Waals surface area (Å²) in [5.74, 6) is -0.344. The lowest BCUT2D eigenvalue weighted by atomic mass is 10.1. The number of allylic oxidation sites excluding steroid dienone is 1. The summed E-state index contributed by atoms with van der Waals surface area (Å²) in [6, 6.07) is 8.26. The van der Waals surface area contributed by atoms with Crippen LogP contribution in [0.25, 0.3) is 0 Å². The van der Waals surface area contributed by atoms with Crippen molar-refractivity contribution in [3.63, 3.8) is 0 Å². The molecule has 0 aliphatic heterocycles. The molecule has 27 heavy (non-hydrogen) atoms. The van der Waals surface area contributed by atoms with E-state index in [9.17, 15) is 9.90 Å². The van der Waals surface area contributed by atoms with Gasteiger partial charge in [-0.3, -0.25) is 9.89 Å². The van der Waals surface area contributed by atoms with Crippen molar-refractivity contribution in [1.82, 2.24) is 20.8 Å². The van der Waals surface area contributed by atoms with Crippen molar-refractivity contribution < 1.29 is 9.90 Å². The molecule has 8 nitrogen and oxygen atoms in total. The number of amides is 1. The Bertz CT molecular complexity index is 897. The molecule has 0 fully saturated rings. The standard InChI is InChI=1S/C18H19ClN6O2/c1-11(26)16-9-17(25-24-16)18(27)23-7-6-22-5-4-15(21)12-2-3-13(10-20)14(19)8-12/h2-5,8-9,11,21-22,26H,6-7H2,1H3,(H,23,27)(H,24,25)/b5-4-,21-15?. The first-order valence-electron chi connectivity index (χ1n) is 8.12. The molecule has 0 aliphatic rings. The van der Waals surface area contributed by atoms with Gasteiger partial charge in [-0.1, -0.05) is 17.7 Å². The van der Waals surface area contributed by atoms with Crippen molar-refractivity contribution in [1.29, 1.82) is 10.7 Å². The number of nitriles is 1. The number of carbonyl (C=O) groups excluding carboxylic acids is 1. The van der Waals surface area contributed by atoms with Crippen LogP contribution in [0.2, 0.25) is 5.02 Å². The molecule has 1 atom stereocenters. The van der Waals surface area contributed by atoms with E-state index in [1.54, 1.807) is 37.4 Å². The van der Waals surface area contributed by atoms with E-state index >= 15 is 0 Å². The van der Waals surface area contributed by atoms with Gasteiger partial charge in [0.05, 0.1) is 28.1 Å². The highest BCUT2D eigenvalue weighted by atomic mass is 35.5. The van der Waals surface area contributed by atoms with E-state index in [2.05, 4.69) is 20.8 Å². The molecule has 5 N–H and O–H groups in total. The van der Waals surface area contributed by atoms with Crippen LogP contribution in [0.3, 0.4) is 0 Å². The number of carbonyl (C=O) groups is 1. The maximum Gasteiger partial charge on any atom is 0.271 e. The third kappa shape index (κ3) is 5.67. The van der Waals surface area contributed by atoms with Crippen LogP contribution < -0.4 is 10.6 Å². The van der Waals surface area contributed by atoms with Crippen molar-refractivity contribution in [3.05, 3.63) is 64.1 Å². The molecule has 0 saturated heterocycles. The Morgan fingerprint density at radius 1 is 1.48 bits per heavy atom. The van der Waals surface area contributed by atoms with Crippen LogP contribution in [0.15, 0.2) is 36.5 Å². The topological polar surface area (TPSA) is 138 Å². The van der Waals surface area contributed by atoms with Gasteiger partial charge in [0.15, 0.2) is 0 Å². The maximum absolute atomic E-state index is 11.9. The second-order valence-electron chi connectivity index (χ2n) is 5.65. The quantitative estimate of drug-likeness (QED) is 0.348. The van der Waals surface area contributed by atoms with Crippen molar-refractivity contribution >= 4 is 23.2 Å². The lowest BCUT2D eigenvalue weighted by Crippen LogP contribution is -2.30. The minimum Gasteiger partial charge on any atom is -0.389 e. The predicted octanol–water partition coefficient (Wildman–Crippen LogP) is 1.89. The monoisotopic (exact) mass is 386 g/mol. The molecule has 1 aromatic carbocycles. The van der Waals surface area contributed by atoms with Crippen LogP contribution in [0.1, 0.15) is 40.3 Å². The second kappa shape index (κ2) is 9.52. The summed E-state index contributed by atoms with van der Waals surface area (Å²) in [5.41, 5.74) is 1.88. The molecule has 9 heteroatoms. The van der Waals surface area contributed by atoms with Crippen LogP contribution in [-0.4, -0.2) is 40.0 Å². The van der Waals surface area contributed by atoms with Crippen LogP contribution in [-0.2, 0) is 0 Å². The summed E-state index contributed by atoms with van der Waals surface area (Å²) < 4.78 is 0. The fourth-order valence-corrected chi connectivity index (χ4v) is 2.32. The van der Waals surface area contributed by atoms with Crippen molar-refractivity contribution in [2.24, 2.45) is 0 Å². The van der Waals surface area contributed by atoms with E-state index in [0.717, 1.165) is 0 Å². The highest BCUT2D eigenvalue weighted by Gasteiger charge is 2.11. The molecular formula is C18H19ClN6O2. The van der Waals surface area contributed by atoms with Crippen molar-refractivity contribution in [2.45, 2.75) is 13.0 Å². The number of halogens is 1. The first-order chi connectivity index (χ1) is 12.9. The molecule has 2 aromatic rings. The highest BCUT2D eigenvalue weighted by Crippen LogP contribution is 2.17. The van der Waals surface area contributed by atoms with Gasteiger partial charge in [-0.2, -0.15) is 10.4 Å². The number of benzene rings is 1. The smallest absolute Gasteiger partial charge is 0.271 e. The molecule has 1 aromatic heterocycles. The predicted molar refractivity (Wildman–Crippen MR) is 102 cm³/mol. The summed E-state index contributed by atoms with van der Waals surface area (Å²) in [7, 11) is 0. The first-order valence-corrected chi connectivity index (χ1v) is 8.50. The second-order valence-corrected chi connectivity index (χ2v) is 6.06. The van der Waals surface area contributed by atoms with Crippen LogP contribution >= 0.6 is 11.6 Å². The molecular weight excluding hydrogens is 368 g/mol. The summed E-state index contributed by atoms with van der Waals surface area (Å²) in [4.78, 5) is 11.9. The fourth-order valence-electron chi connectivity index (χ4n) is 2.10. The van der Waals surface area contributed by atoms with Crippen LogP contribution in [0.5, 0.6) is 0 Å². The first kappa shape index (κ1) is 20.2. The van der Waals surface area contributed by atoms with Gasteiger partial charge in [0.2, 0.25) is 0 Å². The van der Waals surface area contributed by atoms with E-state index in [-0.39, 0.29) is 17.3 Å². The van der Waals surface area contributed by atoms with Gasteiger partial charge in [-0.15, -0.1) is 0 Å². The number of nitrogens with one attached hydrogen (secondary N) is 4. The summed E-state index contributed by atoms with van der Waals surface area (Å²) in [6.45, 7) is 2.39. The summed E-state index contributed by atoms with van der Waals surface area (Å²) >= 11 is 5.95. The van der Waals surface area contributed by atoms with Crippen LogP contribution in [0.4, 0.5) is 0 Å². The SMILES string of the molecule is CC(O)c1cc(C(=O)NCCN/C=C\C(=N)c2ccc(C#N)c(Cl)c2)n[nH]1. The average molecular weight is 387 g/mol. The van der Waals surface area contributed by atoms with E-state index in [0.29, 0.717) is 34.9 Å². The average Bonchev–Trinajstić information content (AvgIpc) is 3.14. The van der Waals surface area contributed by atoms with Crippen molar-refractivity contribution in [3.8, 4) is 6.07 Å². The molecule has 2 rings (SSSR count). The molecule has 0 bridgehead atoms. The molecule has 1 heterocycles. The zero-order valence-corrected chi connectivity index (χ0v) is 15.3. The van der Waals surface area contributed by atoms with Gasteiger partial charge >= 0.3 is 0 Å². The van der Waals surface area contributed by atoms with Gasteiger partial charge < -0.3 is 21.1 Å². The lowest BCUT2D eigenvalue weighted by molar-refractivity contribution is 0.0949. The number of H-pyrrole nitrogens is 1. The molecule has 0 saturated carbocycles. The maximum atomic E-state index is 11.9. The molecule has 1 unspecified atom stereocenters. The number of nitrogens with zero attached hydrogens (tertiary/aromatic N) is 2. The number of hydrogen-bond acceptors (Lipinski definition) is 6. The number of rotatable bonds is 8. The fraction of sp³-hybridized carbons (Fsp3) is 0.222. The van der Waals surface area contributed by atoms with E-state index in [4.69, 9.17) is 22.3 Å². The Labute approximate surface area is 161 Å². The molecule has 140 valence electrons. The van der Waals surface area contributed by atoms with Gasteiger partial charge in [-0.25, -0.2) is 0 Å². The molecule has 0 spiro atoms. The Kier molecular flexibility index (Phi) is 7.11. The largest absolute Gasteiger partial charge is 0.389 e. The Morgan fingerprint density at radius 2 is 2.26 bits per heavy atom. The number of aliphatic hydroxyl groups is 1. The Morgan fingerprint density at radius 3 is 2.89 bits per heavy atom. The third-order valence-corrected chi connectivity index (χ3v) is 3.92. The minimum atomic E-state index is -0.716. The number of aromatic nitrogens is 2. The minimum absolute atomic E-state index is 0.209. The lowest BCUT2D eigenvalue weighted by Gasteiger charge is -2.04. The summed E-state index contributed by atoms with van der Waals surface area (Å²) in [6.07, 6.45) is 2.44. The van der Waals surface area contributed by atoms with E-state index in [1.165, 1.54) is 6.07 Å². The van der Waals surface area contributed by atoms with Gasteiger partial charge in [-0.05, 0) is 37.4 Å². The van der Waals surface area contributed by atoms with Gasteiger partial charge in [0.25, 0.3) is 5.91 Å². The zero-order valence-electron chi connectivity index (χ0n) is 14.6. The molecule has 0 radical (unpaired) electrons. The highest BCUT2D eigenvalue weighted by molar-refractivity contribution is 6.32. The van der Waals surface area contributed by atoms with Crippen molar-refractivity contribution in [2.75, 3.05) is 13.1 Å². The number of aliphatic hydroxyl groups excluding tert-OH is 1. The van der Waals surface area contributed by atoms with Crippen LogP contribution in [0, 0.1) is 16.7 Å².